The van der Waals surface area contributed by atoms with E-state index >= 15 is 0 Å². The Morgan fingerprint density at radius 1 is 1.35 bits per heavy atom. The summed E-state index contributed by atoms with van der Waals surface area (Å²) in [5, 5.41) is 0.593. The molecule has 0 aliphatic rings. The zero-order valence-electron chi connectivity index (χ0n) is 9.35. The molecule has 0 saturated heterocycles. The van der Waals surface area contributed by atoms with Crippen LogP contribution in [-0.4, -0.2) is 9.97 Å². The normalized spacial score (nSPS) is 10.3. The van der Waals surface area contributed by atoms with Crippen molar-refractivity contribution in [1.29, 1.82) is 0 Å². The second-order valence-electron chi connectivity index (χ2n) is 3.46. The molecule has 0 unspecified atom stereocenters. The molecule has 1 heterocycles. The third-order valence-electron chi connectivity index (χ3n) is 2.25. The van der Waals surface area contributed by atoms with E-state index in [0.29, 0.717) is 29.0 Å². The number of halogens is 1. The van der Waals surface area contributed by atoms with Crippen LogP contribution in [0, 0.1) is 6.92 Å². The molecule has 0 fully saturated rings. The lowest BCUT2D eigenvalue weighted by Gasteiger charge is -2.10. The molecule has 0 aliphatic carbocycles. The number of ether oxygens (including phenoxy) is 1. The van der Waals surface area contributed by atoms with E-state index in [4.69, 9.17) is 22.1 Å². The van der Waals surface area contributed by atoms with Crippen LogP contribution in [0.2, 0.25) is 5.02 Å². The number of nitrogens with two attached hydrogens (primary N) is 1. The predicted molar refractivity (Wildman–Crippen MR) is 66.2 cm³/mol. The second-order valence-corrected chi connectivity index (χ2v) is 3.87. The van der Waals surface area contributed by atoms with Gasteiger partial charge >= 0.3 is 0 Å². The van der Waals surface area contributed by atoms with Crippen LogP contribution < -0.4 is 10.5 Å². The summed E-state index contributed by atoms with van der Waals surface area (Å²) >= 11 is 6.03. The first-order chi connectivity index (χ1) is 8.20. The summed E-state index contributed by atoms with van der Waals surface area (Å²) < 4.78 is 5.65. The molecule has 0 bridgehead atoms. The molecule has 0 amide bonds. The molecule has 4 nitrogen and oxygen atoms in total. The highest BCUT2D eigenvalue weighted by Crippen LogP contribution is 2.29. The van der Waals surface area contributed by atoms with E-state index in [1.165, 1.54) is 0 Å². The summed E-state index contributed by atoms with van der Waals surface area (Å²) in [5.41, 5.74) is 6.41. The highest BCUT2D eigenvalue weighted by Gasteiger charge is 2.08. The molecule has 2 rings (SSSR count). The number of hydrogen-bond acceptors (Lipinski definition) is 4. The number of nitrogens with zero attached hydrogens (tertiary/aromatic N) is 2. The van der Waals surface area contributed by atoms with Crippen molar-refractivity contribution in [2.24, 2.45) is 5.73 Å². The Bertz CT molecular complexity index is 531. The van der Waals surface area contributed by atoms with Crippen molar-refractivity contribution in [3.8, 4) is 11.6 Å². The molecule has 0 aliphatic heterocycles. The van der Waals surface area contributed by atoms with Crippen molar-refractivity contribution < 1.29 is 4.74 Å². The fourth-order valence-corrected chi connectivity index (χ4v) is 1.68. The highest BCUT2D eigenvalue weighted by molar-refractivity contribution is 6.31. The molecule has 0 radical (unpaired) electrons. The average molecular weight is 250 g/mol. The SMILES string of the molecule is Cc1nccc(Oc2cccc(Cl)c2CN)n1. The molecular weight excluding hydrogens is 238 g/mol. The first-order valence-corrected chi connectivity index (χ1v) is 5.53. The quantitative estimate of drug-likeness (QED) is 0.909. The van der Waals surface area contributed by atoms with E-state index in [9.17, 15) is 0 Å². The number of aromatic nitrogens is 2. The number of benzene rings is 1. The smallest absolute Gasteiger partial charge is 0.222 e. The largest absolute Gasteiger partial charge is 0.439 e. The Morgan fingerprint density at radius 3 is 2.88 bits per heavy atom. The van der Waals surface area contributed by atoms with Gasteiger partial charge in [0, 0.05) is 29.4 Å². The van der Waals surface area contributed by atoms with Crippen molar-refractivity contribution in [1.82, 2.24) is 9.97 Å². The Morgan fingerprint density at radius 2 is 2.18 bits per heavy atom. The van der Waals surface area contributed by atoms with E-state index in [-0.39, 0.29) is 0 Å². The lowest BCUT2D eigenvalue weighted by molar-refractivity contribution is 0.454. The van der Waals surface area contributed by atoms with Crippen molar-refractivity contribution in [2.75, 3.05) is 0 Å². The summed E-state index contributed by atoms with van der Waals surface area (Å²) in [4.78, 5) is 8.16. The molecule has 88 valence electrons. The molecule has 1 aromatic heterocycles. The fourth-order valence-electron chi connectivity index (χ4n) is 1.44. The van der Waals surface area contributed by atoms with E-state index in [1.54, 1.807) is 25.3 Å². The first kappa shape index (κ1) is 11.8. The third kappa shape index (κ3) is 2.72. The lowest BCUT2D eigenvalue weighted by atomic mass is 10.2. The molecule has 1 aromatic carbocycles. The van der Waals surface area contributed by atoms with Gasteiger partial charge in [-0.2, -0.15) is 4.98 Å². The van der Waals surface area contributed by atoms with Crippen molar-refractivity contribution in [3.63, 3.8) is 0 Å². The van der Waals surface area contributed by atoms with Gasteiger partial charge in [-0.15, -0.1) is 0 Å². The zero-order chi connectivity index (χ0) is 12.3. The number of rotatable bonds is 3. The molecule has 5 heteroatoms. The van der Waals surface area contributed by atoms with Gasteiger partial charge in [0.25, 0.3) is 0 Å². The van der Waals surface area contributed by atoms with Crippen LogP contribution in [-0.2, 0) is 6.54 Å². The Hall–Kier alpha value is -1.65. The predicted octanol–water partition coefficient (Wildman–Crippen LogP) is 2.69. The molecule has 0 atom stereocenters. The highest BCUT2D eigenvalue weighted by atomic mass is 35.5. The van der Waals surface area contributed by atoms with Crippen LogP contribution in [0.15, 0.2) is 30.5 Å². The van der Waals surface area contributed by atoms with Gasteiger partial charge < -0.3 is 10.5 Å². The molecule has 17 heavy (non-hydrogen) atoms. The molecule has 0 spiro atoms. The fraction of sp³-hybridized carbons (Fsp3) is 0.167. The van der Waals surface area contributed by atoms with Crippen LogP contribution in [0.5, 0.6) is 11.6 Å². The minimum atomic E-state index is 0.319. The van der Waals surface area contributed by atoms with Crippen LogP contribution >= 0.6 is 11.6 Å². The number of hydrogen-bond donors (Lipinski definition) is 1. The van der Waals surface area contributed by atoms with Gasteiger partial charge in [-0.25, -0.2) is 4.98 Å². The van der Waals surface area contributed by atoms with E-state index in [1.807, 2.05) is 12.1 Å². The summed E-state index contributed by atoms with van der Waals surface area (Å²) in [7, 11) is 0. The maximum Gasteiger partial charge on any atom is 0.222 e. The maximum atomic E-state index is 6.03. The van der Waals surface area contributed by atoms with Crippen LogP contribution in [0.4, 0.5) is 0 Å². The van der Waals surface area contributed by atoms with Crippen LogP contribution in [0.3, 0.4) is 0 Å². The van der Waals surface area contributed by atoms with Gasteiger partial charge in [0.2, 0.25) is 5.88 Å². The van der Waals surface area contributed by atoms with Gasteiger partial charge in [-0.3, -0.25) is 0 Å². The second kappa shape index (κ2) is 5.12. The molecule has 0 saturated carbocycles. The number of aryl methyl sites for hydroxylation is 1. The van der Waals surface area contributed by atoms with Gasteiger partial charge in [-0.05, 0) is 19.1 Å². The summed E-state index contributed by atoms with van der Waals surface area (Å²) in [6, 6.07) is 7.09. The van der Waals surface area contributed by atoms with Gasteiger partial charge in [-0.1, -0.05) is 17.7 Å². The third-order valence-corrected chi connectivity index (χ3v) is 2.60. The maximum absolute atomic E-state index is 6.03. The minimum absolute atomic E-state index is 0.319. The summed E-state index contributed by atoms with van der Waals surface area (Å²) in [5.74, 6) is 1.76. The topological polar surface area (TPSA) is 61.0 Å². The first-order valence-electron chi connectivity index (χ1n) is 5.15. The van der Waals surface area contributed by atoms with Gasteiger partial charge in [0.1, 0.15) is 11.6 Å². The zero-order valence-corrected chi connectivity index (χ0v) is 10.1. The molecule has 2 aromatic rings. The molecular formula is C12H12ClN3O. The Labute approximate surface area is 104 Å². The molecule has 2 N–H and O–H groups in total. The van der Waals surface area contributed by atoms with Crippen molar-refractivity contribution in [2.45, 2.75) is 13.5 Å². The monoisotopic (exact) mass is 249 g/mol. The van der Waals surface area contributed by atoms with E-state index in [2.05, 4.69) is 9.97 Å². The van der Waals surface area contributed by atoms with Crippen LogP contribution in [0.1, 0.15) is 11.4 Å². The van der Waals surface area contributed by atoms with Crippen molar-refractivity contribution >= 4 is 11.6 Å². The standard InChI is InChI=1S/C12H12ClN3O/c1-8-15-6-5-12(16-8)17-11-4-2-3-10(13)9(11)7-14/h2-6H,7,14H2,1H3. The van der Waals surface area contributed by atoms with Gasteiger partial charge in [0.15, 0.2) is 0 Å². The Balaban J connectivity index is 2.33. The minimum Gasteiger partial charge on any atom is -0.439 e. The summed E-state index contributed by atoms with van der Waals surface area (Å²) in [6.07, 6.45) is 1.64. The van der Waals surface area contributed by atoms with Gasteiger partial charge in [0.05, 0.1) is 0 Å². The Kier molecular flexibility index (Phi) is 3.56. The van der Waals surface area contributed by atoms with Crippen molar-refractivity contribution in [3.05, 3.63) is 46.9 Å². The lowest BCUT2D eigenvalue weighted by Crippen LogP contribution is -2.01. The average Bonchev–Trinajstić information content (AvgIpc) is 2.29. The summed E-state index contributed by atoms with van der Waals surface area (Å²) in [6.45, 7) is 2.12. The van der Waals surface area contributed by atoms with E-state index in [0.717, 1.165) is 5.56 Å². The van der Waals surface area contributed by atoms with E-state index < -0.39 is 0 Å². The van der Waals surface area contributed by atoms with Crippen LogP contribution in [0.25, 0.3) is 0 Å².